The van der Waals surface area contributed by atoms with Gasteiger partial charge in [0.05, 0.1) is 11.4 Å². The van der Waals surface area contributed by atoms with Crippen molar-refractivity contribution in [3.63, 3.8) is 0 Å². The van der Waals surface area contributed by atoms with Crippen LogP contribution in [0.2, 0.25) is 0 Å². The third-order valence-electron chi connectivity index (χ3n) is 5.53. The molecule has 4 aromatic rings. The van der Waals surface area contributed by atoms with Crippen molar-refractivity contribution in [3.05, 3.63) is 83.1 Å². The van der Waals surface area contributed by atoms with E-state index in [1.54, 1.807) is 25.3 Å². The van der Waals surface area contributed by atoms with Crippen molar-refractivity contribution in [1.82, 2.24) is 24.8 Å². The summed E-state index contributed by atoms with van der Waals surface area (Å²) < 4.78 is 29.6. The third-order valence-corrected chi connectivity index (χ3v) is 5.53. The average molecular weight is 504 g/mol. The van der Waals surface area contributed by atoms with Crippen molar-refractivity contribution >= 4 is 23.2 Å². The van der Waals surface area contributed by atoms with E-state index in [-0.39, 0.29) is 34.7 Å². The molecule has 9 nitrogen and oxygen atoms in total. The van der Waals surface area contributed by atoms with Gasteiger partial charge in [-0.1, -0.05) is 0 Å². The van der Waals surface area contributed by atoms with Crippen LogP contribution in [0.15, 0.2) is 48.8 Å². The molecular weight excluding hydrogens is 480 g/mol. The Labute approximate surface area is 211 Å². The van der Waals surface area contributed by atoms with Gasteiger partial charge in [-0.2, -0.15) is 0 Å². The number of nitrogens with two attached hydrogens (primary N) is 2. The number of rotatable bonds is 6. The number of Topliss-reactive ketones (excluding diaryl/α,β-unsaturated/α-hetero) is 1. The van der Waals surface area contributed by atoms with Crippen LogP contribution in [0.1, 0.15) is 32.2 Å². The van der Waals surface area contributed by atoms with Gasteiger partial charge < -0.3 is 16.4 Å². The number of nitrogen functional groups attached to an aromatic ring is 2. The SMILES string of the molecule is Cc1nc(N)cc(-c2ccncc2CC(=O)c2nc(-c3cc(C(=O)N(C)C)ccc3F)c(F)cc2N)n1. The molecule has 0 aliphatic heterocycles. The van der Waals surface area contributed by atoms with Gasteiger partial charge in [-0.05, 0) is 36.8 Å². The first-order valence-electron chi connectivity index (χ1n) is 11.1. The van der Waals surface area contributed by atoms with Gasteiger partial charge in [0.15, 0.2) is 11.6 Å². The van der Waals surface area contributed by atoms with Gasteiger partial charge >= 0.3 is 0 Å². The number of carbonyl (C=O) groups excluding carboxylic acids is 2. The van der Waals surface area contributed by atoms with Crippen LogP contribution in [-0.2, 0) is 6.42 Å². The topological polar surface area (TPSA) is 141 Å². The van der Waals surface area contributed by atoms with Crippen LogP contribution < -0.4 is 11.5 Å². The van der Waals surface area contributed by atoms with E-state index < -0.39 is 29.0 Å². The largest absolute Gasteiger partial charge is 0.397 e. The number of pyridine rings is 2. The molecule has 0 atom stereocenters. The van der Waals surface area contributed by atoms with Gasteiger partial charge in [-0.3, -0.25) is 14.6 Å². The van der Waals surface area contributed by atoms with Crippen molar-refractivity contribution in [2.45, 2.75) is 13.3 Å². The van der Waals surface area contributed by atoms with Gasteiger partial charge in [-0.25, -0.2) is 23.7 Å². The number of aromatic nitrogens is 4. The second kappa shape index (κ2) is 10.1. The highest BCUT2D eigenvalue weighted by atomic mass is 19.1. The Morgan fingerprint density at radius 1 is 0.946 bits per heavy atom. The summed E-state index contributed by atoms with van der Waals surface area (Å²) in [5.41, 5.74) is 12.4. The Morgan fingerprint density at radius 3 is 2.41 bits per heavy atom. The second-order valence-electron chi connectivity index (χ2n) is 8.51. The molecule has 37 heavy (non-hydrogen) atoms. The van der Waals surface area contributed by atoms with Crippen LogP contribution in [0.4, 0.5) is 20.3 Å². The maximum atomic E-state index is 14.9. The lowest BCUT2D eigenvalue weighted by molar-refractivity contribution is 0.0827. The maximum Gasteiger partial charge on any atom is 0.253 e. The highest BCUT2D eigenvalue weighted by Gasteiger charge is 2.22. The van der Waals surface area contributed by atoms with Crippen molar-refractivity contribution in [2.24, 2.45) is 0 Å². The molecule has 4 N–H and O–H groups in total. The number of anilines is 2. The summed E-state index contributed by atoms with van der Waals surface area (Å²) in [6, 6.07) is 7.68. The van der Waals surface area contributed by atoms with Gasteiger partial charge in [0.2, 0.25) is 0 Å². The Morgan fingerprint density at radius 2 is 1.70 bits per heavy atom. The molecule has 0 saturated heterocycles. The lowest BCUT2D eigenvalue weighted by Crippen LogP contribution is -2.21. The van der Waals surface area contributed by atoms with Gasteiger partial charge in [-0.15, -0.1) is 0 Å². The molecule has 0 saturated carbocycles. The number of benzene rings is 1. The number of nitrogens with zero attached hydrogens (tertiary/aromatic N) is 5. The van der Waals surface area contributed by atoms with Crippen LogP contribution in [-0.4, -0.2) is 50.6 Å². The summed E-state index contributed by atoms with van der Waals surface area (Å²) >= 11 is 0. The van der Waals surface area contributed by atoms with Crippen LogP contribution in [0.25, 0.3) is 22.5 Å². The summed E-state index contributed by atoms with van der Waals surface area (Å²) in [6.07, 6.45) is 2.85. The molecule has 11 heteroatoms. The molecule has 0 unspecified atom stereocenters. The molecule has 4 rings (SSSR count). The minimum Gasteiger partial charge on any atom is -0.397 e. The molecule has 3 heterocycles. The Kier molecular flexibility index (Phi) is 6.87. The van der Waals surface area contributed by atoms with Gasteiger partial charge in [0.1, 0.15) is 28.8 Å². The fraction of sp³-hybridized carbons (Fsp3) is 0.154. The fourth-order valence-electron chi connectivity index (χ4n) is 3.82. The van der Waals surface area contributed by atoms with E-state index in [1.165, 1.54) is 37.3 Å². The monoisotopic (exact) mass is 503 g/mol. The number of carbonyl (C=O) groups is 2. The molecular formula is C26H23F2N7O2. The predicted octanol–water partition coefficient (Wildman–Crippen LogP) is 3.48. The number of amides is 1. The molecule has 0 bridgehead atoms. The van der Waals surface area contributed by atoms with Crippen LogP contribution in [0.3, 0.4) is 0 Å². The molecule has 0 spiro atoms. The number of aryl methyl sites for hydroxylation is 1. The van der Waals surface area contributed by atoms with Crippen molar-refractivity contribution in [1.29, 1.82) is 0 Å². The molecule has 3 aromatic heterocycles. The normalized spacial score (nSPS) is 10.8. The van der Waals surface area contributed by atoms with Crippen LogP contribution >= 0.6 is 0 Å². The molecule has 1 aromatic carbocycles. The first kappa shape index (κ1) is 25.3. The molecule has 0 aliphatic rings. The smallest absolute Gasteiger partial charge is 0.253 e. The third kappa shape index (κ3) is 5.25. The Bertz CT molecular complexity index is 1520. The van der Waals surface area contributed by atoms with Crippen LogP contribution in [0, 0.1) is 18.6 Å². The second-order valence-corrected chi connectivity index (χ2v) is 8.51. The number of ketones is 1. The van der Waals surface area contributed by atoms with E-state index in [1.807, 2.05) is 0 Å². The van der Waals surface area contributed by atoms with Crippen LogP contribution in [0.5, 0.6) is 0 Å². The number of hydrogen-bond donors (Lipinski definition) is 2. The van der Waals surface area contributed by atoms with E-state index >= 15 is 0 Å². The number of hydrogen-bond acceptors (Lipinski definition) is 8. The minimum atomic E-state index is -0.934. The predicted molar refractivity (Wildman–Crippen MR) is 134 cm³/mol. The summed E-state index contributed by atoms with van der Waals surface area (Å²) in [6.45, 7) is 1.69. The Hall–Kier alpha value is -4.80. The summed E-state index contributed by atoms with van der Waals surface area (Å²) in [7, 11) is 3.07. The zero-order valence-corrected chi connectivity index (χ0v) is 20.3. The molecule has 0 aliphatic carbocycles. The van der Waals surface area contributed by atoms with E-state index in [0.717, 1.165) is 12.1 Å². The van der Waals surface area contributed by atoms with Gasteiger partial charge in [0, 0.05) is 61.7 Å². The zero-order chi connectivity index (χ0) is 26.9. The maximum absolute atomic E-state index is 14.9. The first-order valence-corrected chi connectivity index (χ1v) is 11.1. The number of halogens is 2. The minimum absolute atomic E-state index is 0.131. The average Bonchev–Trinajstić information content (AvgIpc) is 2.84. The first-order chi connectivity index (χ1) is 17.5. The highest BCUT2D eigenvalue weighted by molar-refractivity contribution is 6.01. The van der Waals surface area contributed by atoms with Crippen molar-refractivity contribution in [3.8, 4) is 22.5 Å². The van der Waals surface area contributed by atoms with E-state index in [4.69, 9.17) is 11.5 Å². The molecule has 0 fully saturated rings. The van der Waals surface area contributed by atoms with Crippen molar-refractivity contribution in [2.75, 3.05) is 25.6 Å². The van der Waals surface area contributed by atoms with E-state index in [0.29, 0.717) is 22.6 Å². The molecule has 0 radical (unpaired) electrons. The lowest BCUT2D eigenvalue weighted by atomic mass is 9.99. The summed E-state index contributed by atoms with van der Waals surface area (Å²) in [5, 5.41) is 0. The van der Waals surface area contributed by atoms with Crippen molar-refractivity contribution < 1.29 is 18.4 Å². The fourth-order valence-corrected chi connectivity index (χ4v) is 3.82. The van der Waals surface area contributed by atoms with E-state index in [2.05, 4.69) is 19.9 Å². The van der Waals surface area contributed by atoms with E-state index in [9.17, 15) is 18.4 Å². The molecule has 188 valence electrons. The summed E-state index contributed by atoms with van der Waals surface area (Å²) in [5.74, 6) is -1.98. The summed E-state index contributed by atoms with van der Waals surface area (Å²) in [4.78, 5) is 43.6. The molecule has 1 amide bonds. The Balaban J connectivity index is 1.74. The lowest BCUT2D eigenvalue weighted by Gasteiger charge is -2.13. The van der Waals surface area contributed by atoms with Gasteiger partial charge in [0.25, 0.3) is 5.91 Å². The standard InChI is InChI=1S/C26H23F2N7O2/c1-13-32-21(11-23(30)33-13)16-6-7-31-12-15(16)9-22(36)25-20(29)10-19(28)24(34-25)17-8-14(4-5-18(17)27)26(37)35(2)3/h4-8,10-12H,9,29H2,1-3H3,(H2,30,32,33). The highest BCUT2D eigenvalue weighted by Crippen LogP contribution is 2.29. The quantitative estimate of drug-likeness (QED) is 0.381. The zero-order valence-electron chi connectivity index (χ0n) is 20.3.